The number of aryl methyl sites for hydroxylation is 1. The predicted molar refractivity (Wildman–Crippen MR) is 117 cm³/mol. The topological polar surface area (TPSA) is 89.9 Å². The van der Waals surface area contributed by atoms with Gasteiger partial charge in [-0.3, -0.25) is 4.99 Å². The van der Waals surface area contributed by atoms with E-state index in [2.05, 4.69) is 25.5 Å². The number of hydrogen-bond donors (Lipinski definition) is 2. The summed E-state index contributed by atoms with van der Waals surface area (Å²) in [5, 5.41) is 7.40. The molecule has 0 bridgehead atoms. The van der Waals surface area contributed by atoms with Crippen LogP contribution >= 0.6 is 11.3 Å². The van der Waals surface area contributed by atoms with Crippen molar-refractivity contribution in [3.05, 3.63) is 45.9 Å². The van der Waals surface area contributed by atoms with Crippen molar-refractivity contribution in [1.29, 1.82) is 0 Å². The average Bonchev–Trinajstić information content (AvgIpc) is 3.14. The van der Waals surface area contributed by atoms with Gasteiger partial charge in [-0.1, -0.05) is 18.2 Å². The van der Waals surface area contributed by atoms with Crippen LogP contribution in [0.4, 0.5) is 0 Å². The van der Waals surface area contributed by atoms with Crippen molar-refractivity contribution in [1.82, 2.24) is 24.8 Å². The van der Waals surface area contributed by atoms with E-state index in [0.29, 0.717) is 37.0 Å². The van der Waals surface area contributed by atoms with E-state index >= 15 is 0 Å². The van der Waals surface area contributed by atoms with Crippen molar-refractivity contribution in [2.75, 3.05) is 40.3 Å². The standard InChI is InChI=1S/C19H28N6O2S2/c1-15-12-21-18(28-15)14-23-19(20-2)22-13-16-6-4-5-7-17(16)29(26,27)25-10-8-24(3)9-11-25/h4-7,12H,8-11,13-14H2,1-3H3,(H2,20,22,23). The fraction of sp³-hybridized carbons (Fsp3) is 0.474. The van der Waals surface area contributed by atoms with Gasteiger partial charge in [0, 0.05) is 50.8 Å². The number of piperazine rings is 1. The predicted octanol–water partition coefficient (Wildman–Crippen LogP) is 1.25. The van der Waals surface area contributed by atoms with Gasteiger partial charge in [0.25, 0.3) is 0 Å². The summed E-state index contributed by atoms with van der Waals surface area (Å²) < 4.78 is 27.9. The number of thiazole rings is 1. The summed E-state index contributed by atoms with van der Waals surface area (Å²) in [5.41, 5.74) is 0.722. The van der Waals surface area contributed by atoms with Gasteiger partial charge in [-0.2, -0.15) is 4.31 Å². The van der Waals surface area contributed by atoms with Gasteiger partial charge < -0.3 is 15.5 Å². The van der Waals surface area contributed by atoms with Crippen LogP contribution in [0.15, 0.2) is 40.4 Å². The van der Waals surface area contributed by atoms with Crippen molar-refractivity contribution in [3.8, 4) is 0 Å². The molecule has 2 N–H and O–H groups in total. The maximum Gasteiger partial charge on any atom is 0.243 e. The number of sulfonamides is 1. The lowest BCUT2D eigenvalue weighted by Gasteiger charge is -2.32. The molecule has 1 saturated heterocycles. The molecule has 0 radical (unpaired) electrons. The highest BCUT2D eigenvalue weighted by atomic mass is 32.2. The molecule has 1 aliphatic heterocycles. The van der Waals surface area contributed by atoms with E-state index in [1.54, 1.807) is 34.8 Å². The second kappa shape index (κ2) is 9.66. The summed E-state index contributed by atoms with van der Waals surface area (Å²) in [6.45, 7) is 5.46. The van der Waals surface area contributed by atoms with Crippen molar-refractivity contribution in [2.24, 2.45) is 4.99 Å². The molecule has 1 aromatic heterocycles. The minimum Gasteiger partial charge on any atom is -0.352 e. The van der Waals surface area contributed by atoms with Crippen LogP contribution in [0.25, 0.3) is 0 Å². The smallest absolute Gasteiger partial charge is 0.243 e. The lowest BCUT2D eigenvalue weighted by atomic mass is 10.2. The monoisotopic (exact) mass is 436 g/mol. The fourth-order valence-corrected chi connectivity index (χ4v) is 5.48. The Morgan fingerprint density at radius 3 is 2.52 bits per heavy atom. The van der Waals surface area contributed by atoms with Gasteiger partial charge in [0.05, 0.1) is 11.4 Å². The Hall–Kier alpha value is -2.01. The highest BCUT2D eigenvalue weighted by Gasteiger charge is 2.29. The van der Waals surface area contributed by atoms with E-state index in [9.17, 15) is 8.42 Å². The third-order valence-corrected chi connectivity index (χ3v) is 7.71. The SMILES string of the molecule is CN=C(NCc1ncc(C)s1)NCc1ccccc1S(=O)(=O)N1CCN(C)CC1. The number of benzene rings is 1. The van der Waals surface area contributed by atoms with Gasteiger partial charge in [-0.15, -0.1) is 11.3 Å². The van der Waals surface area contributed by atoms with E-state index in [-0.39, 0.29) is 0 Å². The van der Waals surface area contributed by atoms with E-state index in [0.717, 1.165) is 28.5 Å². The van der Waals surface area contributed by atoms with Crippen molar-refractivity contribution >= 4 is 27.3 Å². The molecular formula is C19H28N6O2S2. The zero-order valence-electron chi connectivity index (χ0n) is 17.1. The number of aromatic nitrogens is 1. The Kier molecular flexibility index (Phi) is 7.23. The minimum absolute atomic E-state index is 0.350. The quantitative estimate of drug-likeness (QED) is 0.523. The molecule has 0 spiro atoms. The number of guanidine groups is 1. The van der Waals surface area contributed by atoms with E-state index in [1.165, 1.54) is 0 Å². The zero-order chi connectivity index (χ0) is 20.9. The Morgan fingerprint density at radius 1 is 1.17 bits per heavy atom. The lowest BCUT2D eigenvalue weighted by Crippen LogP contribution is -2.47. The molecule has 10 heteroatoms. The summed E-state index contributed by atoms with van der Waals surface area (Å²) in [6, 6.07) is 7.14. The van der Waals surface area contributed by atoms with Crippen molar-refractivity contribution in [3.63, 3.8) is 0 Å². The summed E-state index contributed by atoms with van der Waals surface area (Å²) >= 11 is 1.63. The number of hydrogen-bond acceptors (Lipinski definition) is 6. The van der Waals surface area contributed by atoms with Crippen molar-refractivity contribution < 1.29 is 8.42 Å². The molecule has 1 fully saturated rings. The van der Waals surface area contributed by atoms with Crippen LogP contribution < -0.4 is 10.6 Å². The Balaban J connectivity index is 1.66. The van der Waals surface area contributed by atoms with Gasteiger partial charge in [0.2, 0.25) is 10.0 Å². The number of nitrogens with one attached hydrogen (secondary N) is 2. The van der Waals surface area contributed by atoms with Crippen LogP contribution in [0, 0.1) is 6.92 Å². The van der Waals surface area contributed by atoms with Crippen LogP contribution in [0.2, 0.25) is 0 Å². The number of rotatable bonds is 6. The van der Waals surface area contributed by atoms with Gasteiger partial charge in [-0.25, -0.2) is 13.4 Å². The normalized spacial score (nSPS) is 16.7. The molecule has 0 atom stereocenters. The number of aliphatic imine (C=N–C) groups is 1. The van der Waals surface area contributed by atoms with Gasteiger partial charge in [-0.05, 0) is 25.6 Å². The van der Waals surface area contributed by atoms with Gasteiger partial charge >= 0.3 is 0 Å². The van der Waals surface area contributed by atoms with Crippen LogP contribution in [-0.4, -0.2) is 68.8 Å². The highest BCUT2D eigenvalue weighted by molar-refractivity contribution is 7.89. The van der Waals surface area contributed by atoms with Crippen LogP contribution in [0.1, 0.15) is 15.4 Å². The molecule has 2 heterocycles. The highest BCUT2D eigenvalue weighted by Crippen LogP contribution is 2.21. The van der Waals surface area contributed by atoms with Crippen LogP contribution in [-0.2, 0) is 23.1 Å². The lowest BCUT2D eigenvalue weighted by molar-refractivity contribution is 0.222. The Labute approximate surface area is 176 Å². The molecule has 0 unspecified atom stereocenters. The second-order valence-corrected chi connectivity index (χ2v) is 10.2. The molecule has 0 saturated carbocycles. The summed E-state index contributed by atoms with van der Waals surface area (Å²) in [4.78, 5) is 12.2. The first kappa shape index (κ1) is 21.7. The number of nitrogens with zero attached hydrogens (tertiary/aromatic N) is 4. The fourth-order valence-electron chi connectivity index (χ4n) is 3.11. The van der Waals surface area contributed by atoms with Crippen LogP contribution in [0.5, 0.6) is 0 Å². The number of likely N-dealkylation sites (N-methyl/N-ethyl adjacent to an activating group) is 1. The molecule has 8 nitrogen and oxygen atoms in total. The maximum atomic E-state index is 13.2. The van der Waals surface area contributed by atoms with E-state index in [4.69, 9.17) is 0 Å². The Morgan fingerprint density at radius 2 is 1.86 bits per heavy atom. The molecule has 0 amide bonds. The third-order valence-electron chi connectivity index (χ3n) is 4.80. The molecular weight excluding hydrogens is 408 g/mol. The zero-order valence-corrected chi connectivity index (χ0v) is 18.7. The largest absolute Gasteiger partial charge is 0.352 e. The van der Waals surface area contributed by atoms with E-state index < -0.39 is 10.0 Å². The second-order valence-electron chi connectivity index (χ2n) is 6.96. The molecule has 1 aliphatic rings. The average molecular weight is 437 g/mol. The third kappa shape index (κ3) is 5.53. The van der Waals surface area contributed by atoms with Gasteiger partial charge in [0.15, 0.2) is 5.96 Å². The van der Waals surface area contributed by atoms with E-state index in [1.807, 2.05) is 32.3 Å². The first-order valence-electron chi connectivity index (χ1n) is 9.52. The first-order valence-corrected chi connectivity index (χ1v) is 11.8. The molecule has 2 aromatic rings. The van der Waals surface area contributed by atoms with Crippen LogP contribution in [0.3, 0.4) is 0 Å². The van der Waals surface area contributed by atoms with Gasteiger partial charge in [0.1, 0.15) is 5.01 Å². The summed E-state index contributed by atoms with van der Waals surface area (Å²) in [6.07, 6.45) is 1.84. The molecule has 0 aliphatic carbocycles. The minimum atomic E-state index is -3.53. The first-order chi connectivity index (χ1) is 13.9. The van der Waals surface area contributed by atoms with Crippen molar-refractivity contribution in [2.45, 2.75) is 24.9 Å². The molecule has 29 heavy (non-hydrogen) atoms. The molecule has 158 valence electrons. The summed E-state index contributed by atoms with van der Waals surface area (Å²) in [5.74, 6) is 0.602. The molecule has 3 rings (SSSR count). The summed E-state index contributed by atoms with van der Waals surface area (Å²) in [7, 11) is 0.172. The maximum absolute atomic E-state index is 13.2. The molecule has 1 aromatic carbocycles. The Bertz CT molecular complexity index is 949.